The zero-order valence-electron chi connectivity index (χ0n) is 12.2. The van der Waals surface area contributed by atoms with Crippen molar-refractivity contribution in [2.75, 3.05) is 25.5 Å². The van der Waals surface area contributed by atoms with Gasteiger partial charge in [-0.05, 0) is 24.3 Å². The van der Waals surface area contributed by atoms with Gasteiger partial charge in [0.25, 0.3) is 0 Å². The first-order valence-electron chi connectivity index (χ1n) is 7.34. The molecule has 4 heteroatoms. The first kappa shape index (κ1) is 13.9. The van der Waals surface area contributed by atoms with E-state index in [-0.39, 0.29) is 12.1 Å². The predicted octanol–water partition coefficient (Wildman–Crippen LogP) is 3.48. The molecule has 1 aliphatic rings. The number of carbonyl (C=O) groups excluding carboxylic acids is 1. The minimum atomic E-state index is -0.0269. The van der Waals surface area contributed by atoms with Crippen LogP contribution in [0.2, 0.25) is 0 Å². The van der Waals surface area contributed by atoms with Crippen molar-refractivity contribution in [3.05, 3.63) is 42.5 Å². The van der Waals surface area contributed by atoms with Crippen LogP contribution < -0.4 is 5.32 Å². The zero-order chi connectivity index (χ0) is 14.7. The lowest BCUT2D eigenvalue weighted by atomic mass is 10.1. The largest absolute Gasteiger partial charge is 0.381 e. The molecule has 21 heavy (non-hydrogen) atoms. The van der Waals surface area contributed by atoms with Crippen LogP contribution in [0.25, 0.3) is 10.8 Å². The molecule has 0 aliphatic carbocycles. The molecule has 0 atom stereocenters. The van der Waals surface area contributed by atoms with E-state index in [0.717, 1.165) is 42.4 Å². The van der Waals surface area contributed by atoms with Crippen LogP contribution in [0.3, 0.4) is 0 Å². The van der Waals surface area contributed by atoms with Gasteiger partial charge in [-0.3, -0.25) is 0 Å². The van der Waals surface area contributed by atoms with Crippen molar-refractivity contribution in [2.45, 2.75) is 18.9 Å². The van der Waals surface area contributed by atoms with E-state index < -0.39 is 0 Å². The zero-order valence-corrected chi connectivity index (χ0v) is 12.2. The molecule has 0 unspecified atom stereocenters. The Morgan fingerprint density at radius 2 is 1.86 bits per heavy atom. The van der Waals surface area contributed by atoms with E-state index in [1.165, 1.54) is 0 Å². The van der Waals surface area contributed by atoms with Crippen molar-refractivity contribution in [1.82, 2.24) is 4.90 Å². The summed E-state index contributed by atoms with van der Waals surface area (Å²) in [4.78, 5) is 14.2. The third kappa shape index (κ3) is 3.00. The Hall–Kier alpha value is -2.07. The lowest BCUT2D eigenvalue weighted by Crippen LogP contribution is -2.42. The van der Waals surface area contributed by atoms with Gasteiger partial charge in [0.05, 0.1) is 11.8 Å². The van der Waals surface area contributed by atoms with E-state index in [1.54, 1.807) is 7.11 Å². The van der Waals surface area contributed by atoms with Crippen molar-refractivity contribution in [2.24, 2.45) is 0 Å². The van der Waals surface area contributed by atoms with E-state index in [2.05, 4.69) is 17.4 Å². The summed E-state index contributed by atoms with van der Waals surface area (Å²) in [5, 5.41) is 5.24. The van der Waals surface area contributed by atoms with Crippen LogP contribution in [0.1, 0.15) is 12.8 Å². The summed E-state index contributed by atoms with van der Waals surface area (Å²) in [7, 11) is 1.73. The Labute approximate surface area is 124 Å². The van der Waals surface area contributed by atoms with Gasteiger partial charge >= 0.3 is 6.03 Å². The number of fused-ring (bicyclic) bond motifs is 1. The van der Waals surface area contributed by atoms with Crippen molar-refractivity contribution in [1.29, 1.82) is 0 Å². The number of benzene rings is 2. The molecule has 1 aliphatic heterocycles. The fourth-order valence-corrected chi connectivity index (χ4v) is 2.82. The number of hydrogen-bond donors (Lipinski definition) is 1. The second kappa shape index (κ2) is 6.14. The number of methoxy groups -OCH3 is 1. The number of rotatable bonds is 2. The van der Waals surface area contributed by atoms with Gasteiger partial charge in [-0.15, -0.1) is 0 Å². The van der Waals surface area contributed by atoms with Crippen molar-refractivity contribution >= 4 is 22.5 Å². The van der Waals surface area contributed by atoms with Crippen LogP contribution in [-0.2, 0) is 4.74 Å². The number of carbonyl (C=O) groups is 1. The standard InChI is InChI=1S/C17H20N2O2/c1-21-14-9-11-19(12-10-14)17(20)18-16-8-4-6-13-5-2-3-7-15(13)16/h2-8,14H,9-12H2,1H3,(H,18,20). The van der Waals surface area contributed by atoms with Gasteiger partial charge in [0.2, 0.25) is 0 Å². The average Bonchev–Trinajstić information content (AvgIpc) is 2.55. The maximum absolute atomic E-state index is 12.4. The summed E-state index contributed by atoms with van der Waals surface area (Å²) >= 11 is 0. The Bertz CT molecular complexity index is 628. The number of piperidine rings is 1. The summed E-state index contributed by atoms with van der Waals surface area (Å²) in [6, 6.07) is 14.0. The lowest BCUT2D eigenvalue weighted by molar-refractivity contribution is 0.0521. The minimum Gasteiger partial charge on any atom is -0.381 e. The molecule has 2 aromatic carbocycles. The van der Waals surface area contributed by atoms with E-state index in [9.17, 15) is 4.79 Å². The smallest absolute Gasteiger partial charge is 0.321 e. The first-order valence-corrected chi connectivity index (χ1v) is 7.34. The molecule has 1 saturated heterocycles. The van der Waals surface area contributed by atoms with Crippen LogP contribution in [0.15, 0.2) is 42.5 Å². The molecule has 0 spiro atoms. The highest BCUT2D eigenvalue weighted by Gasteiger charge is 2.22. The molecule has 0 radical (unpaired) electrons. The fraction of sp³-hybridized carbons (Fsp3) is 0.353. The molecular weight excluding hydrogens is 264 g/mol. The van der Waals surface area contributed by atoms with Crippen LogP contribution in [0, 0.1) is 0 Å². The van der Waals surface area contributed by atoms with Gasteiger partial charge in [-0.25, -0.2) is 4.79 Å². The Morgan fingerprint density at radius 1 is 1.14 bits per heavy atom. The number of nitrogens with zero attached hydrogens (tertiary/aromatic N) is 1. The van der Waals surface area contributed by atoms with E-state index in [4.69, 9.17) is 4.74 Å². The normalized spacial score (nSPS) is 16.1. The number of urea groups is 1. The number of anilines is 1. The molecule has 0 saturated carbocycles. The SMILES string of the molecule is COC1CCN(C(=O)Nc2cccc3ccccc23)CC1. The molecule has 0 aromatic heterocycles. The molecule has 1 heterocycles. The predicted molar refractivity (Wildman–Crippen MR) is 84.6 cm³/mol. The maximum Gasteiger partial charge on any atom is 0.321 e. The Kier molecular flexibility index (Phi) is 4.06. The first-order chi connectivity index (χ1) is 10.3. The van der Waals surface area contributed by atoms with Crippen molar-refractivity contribution < 1.29 is 9.53 Å². The highest BCUT2D eigenvalue weighted by Crippen LogP contribution is 2.23. The molecule has 0 bridgehead atoms. The molecule has 2 amide bonds. The van der Waals surface area contributed by atoms with Crippen molar-refractivity contribution in [3.63, 3.8) is 0 Å². The minimum absolute atomic E-state index is 0.0269. The van der Waals surface area contributed by atoms with Crippen LogP contribution in [0.4, 0.5) is 10.5 Å². The molecule has 2 aromatic rings. The highest BCUT2D eigenvalue weighted by molar-refractivity contribution is 6.01. The maximum atomic E-state index is 12.4. The van der Waals surface area contributed by atoms with Gasteiger partial charge in [0.15, 0.2) is 0 Å². The molecule has 110 valence electrons. The average molecular weight is 284 g/mol. The highest BCUT2D eigenvalue weighted by atomic mass is 16.5. The molecular formula is C17H20N2O2. The topological polar surface area (TPSA) is 41.6 Å². The molecule has 4 nitrogen and oxygen atoms in total. The Morgan fingerprint density at radius 3 is 2.62 bits per heavy atom. The number of nitrogens with one attached hydrogen (secondary N) is 1. The van der Waals surface area contributed by atoms with Crippen LogP contribution in [-0.4, -0.2) is 37.2 Å². The van der Waals surface area contributed by atoms with Gasteiger partial charge in [0.1, 0.15) is 0 Å². The summed E-state index contributed by atoms with van der Waals surface area (Å²) < 4.78 is 5.34. The van der Waals surface area contributed by atoms with Crippen LogP contribution >= 0.6 is 0 Å². The third-order valence-corrected chi connectivity index (χ3v) is 4.09. The number of amides is 2. The van der Waals surface area contributed by atoms with Crippen LogP contribution in [0.5, 0.6) is 0 Å². The summed E-state index contributed by atoms with van der Waals surface area (Å²) in [5.41, 5.74) is 0.868. The second-order valence-electron chi connectivity index (χ2n) is 5.38. The second-order valence-corrected chi connectivity index (χ2v) is 5.38. The number of hydrogen-bond acceptors (Lipinski definition) is 2. The van der Waals surface area contributed by atoms with Gasteiger partial charge in [-0.1, -0.05) is 36.4 Å². The fourth-order valence-electron chi connectivity index (χ4n) is 2.82. The summed E-state index contributed by atoms with van der Waals surface area (Å²) in [6.45, 7) is 1.49. The Balaban J connectivity index is 1.72. The van der Waals surface area contributed by atoms with Gasteiger partial charge in [-0.2, -0.15) is 0 Å². The molecule has 1 fully saturated rings. The van der Waals surface area contributed by atoms with Gasteiger partial charge < -0.3 is 15.0 Å². The van der Waals surface area contributed by atoms with E-state index in [0.29, 0.717) is 0 Å². The monoisotopic (exact) mass is 284 g/mol. The molecule has 3 rings (SSSR count). The van der Waals surface area contributed by atoms with E-state index in [1.807, 2.05) is 35.2 Å². The quantitative estimate of drug-likeness (QED) is 0.917. The lowest BCUT2D eigenvalue weighted by Gasteiger charge is -2.31. The van der Waals surface area contributed by atoms with E-state index >= 15 is 0 Å². The van der Waals surface area contributed by atoms with Crippen molar-refractivity contribution in [3.8, 4) is 0 Å². The number of likely N-dealkylation sites (tertiary alicyclic amines) is 1. The third-order valence-electron chi connectivity index (χ3n) is 4.09. The molecule has 1 N–H and O–H groups in total. The van der Waals surface area contributed by atoms with Gasteiger partial charge in [0, 0.05) is 25.6 Å². The summed E-state index contributed by atoms with van der Waals surface area (Å²) in [5.74, 6) is 0. The summed E-state index contributed by atoms with van der Waals surface area (Å²) in [6.07, 6.45) is 2.09. The number of ether oxygens (including phenoxy) is 1.